The van der Waals surface area contributed by atoms with Gasteiger partial charge in [0.2, 0.25) is 5.91 Å². The SMILES string of the molecule is CCC(C)CCCO[C@@H](CC)C(=O)NCC#N. The van der Waals surface area contributed by atoms with Crippen LogP contribution in [0.15, 0.2) is 0 Å². The smallest absolute Gasteiger partial charge is 0.249 e. The normalized spacial score (nSPS) is 13.8. The van der Waals surface area contributed by atoms with E-state index < -0.39 is 6.10 Å². The van der Waals surface area contributed by atoms with Gasteiger partial charge >= 0.3 is 0 Å². The van der Waals surface area contributed by atoms with Crippen molar-refractivity contribution in [3.63, 3.8) is 0 Å². The predicted molar refractivity (Wildman–Crippen MR) is 67.3 cm³/mol. The summed E-state index contributed by atoms with van der Waals surface area (Å²) in [7, 11) is 0. The summed E-state index contributed by atoms with van der Waals surface area (Å²) in [6, 6.07) is 1.88. The van der Waals surface area contributed by atoms with E-state index in [0.717, 1.165) is 12.8 Å². The third-order valence-corrected chi connectivity index (χ3v) is 2.86. The van der Waals surface area contributed by atoms with E-state index in [1.807, 2.05) is 13.0 Å². The molecule has 4 heteroatoms. The van der Waals surface area contributed by atoms with Crippen LogP contribution >= 0.6 is 0 Å². The fourth-order valence-corrected chi connectivity index (χ4v) is 1.48. The molecule has 0 rings (SSSR count). The van der Waals surface area contributed by atoms with Crippen LogP contribution in [0.1, 0.15) is 46.5 Å². The van der Waals surface area contributed by atoms with Crippen LogP contribution in [0.3, 0.4) is 0 Å². The highest BCUT2D eigenvalue weighted by atomic mass is 16.5. The monoisotopic (exact) mass is 240 g/mol. The van der Waals surface area contributed by atoms with Crippen LogP contribution in [0.2, 0.25) is 0 Å². The molecule has 1 N–H and O–H groups in total. The molecule has 4 nitrogen and oxygen atoms in total. The predicted octanol–water partition coefficient (Wildman–Crippen LogP) is 2.25. The maximum absolute atomic E-state index is 11.5. The molecule has 0 aromatic heterocycles. The number of ether oxygens (including phenoxy) is 1. The van der Waals surface area contributed by atoms with Crippen LogP contribution in [-0.4, -0.2) is 25.2 Å². The summed E-state index contributed by atoms with van der Waals surface area (Å²) >= 11 is 0. The molecule has 0 aromatic rings. The molecular formula is C13H24N2O2. The van der Waals surface area contributed by atoms with Crippen molar-refractivity contribution >= 4 is 5.91 Å². The van der Waals surface area contributed by atoms with E-state index in [9.17, 15) is 4.79 Å². The van der Waals surface area contributed by atoms with Crippen molar-refractivity contribution < 1.29 is 9.53 Å². The Kier molecular flexibility index (Phi) is 9.46. The lowest BCUT2D eigenvalue weighted by Crippen LogP contribution is -2.36. The molecule has 0 heterocycles. The highest BCUT2D eigenvalue weighted by Crippen LogP contribution is 2.10. The van der Waals surface area contributed by atoms with Gasteiger partial charge in [0.25, 0.3) is 0 Å². The molecular weight excluding hydrogens is 216 g/mol. The van der Waals surface area contributed by atoms with Gasteiger partial charge in [-0.2, -0.15) is 5.26 Å². The van der Waals surface area contributed by atoms with E-state index in [2.05, 4.69) is 19.2 Å². The van der Waals surface area contributed by atoms with Gasteiger partial charge in [-0.05, 0) is 25.2 Å². The summed E-state index contributed by atoms with van der Waals surface area (Å²) in [5.74, 6) is 0.531. The second-order valence-electron chi connectivity index (χ2n) is 4.30. The Morgan fingerprint density at radius 3 is 2.65 bits per heavy atom. The maximum atomic E-state index is 11.5. The molecule has 1 amide bonds. The van der Waals surface area contributed by atoms with Gasteiger partial charge in [0.05, 0.1) is 6.07 Å². The number of carbonyl (C=O) groups is 1. The highest BCUT2D eigenvalue weighted by molar-refractivity contribution is 5.80. The minimum Gasteiger partial charge on any atom is -0.368 e. The second kappa shape index (κ2) is 10.1. The molecule has 2 atom stereocenters. The van der Waals surface area contributed by atoms with Gasteiger partial charge in [0.1, 0.15) is 12.6 Å². The zero-order valence-corrected chi connectivity index (χ0v) is 11.2. The lowest BCUT2D eigenvalue weighted by atomic mass is 10.0. The third kappa shape index (κ3) is 7.76. The third-order valence-electron chi connectivity index (χ3n) is 2.86. The second-order valence-corrected chi connectivity index (χ2v) is 4.30. The van der Waals surface area contributed by atoms with Crippen LogP contribution in [0.25, 0.3) is 0 Å². The van der Waals surface area contributed by atoms with E-state index in [-0.39, 0.29) is 12.5 Å². The molecule has 1 unspecified atom stereocenters. The first-order valence-corrected chi connectivity index (χ1v) is 6.41. The first-order chi connectivity index (χ1) is 8.15. The number of nitrogens with one attached hydrogen (secondary N) is 1. The number of nitrogens with zero attached hydrogens (tertiary/aromatic N) is 1. The maximum Gasteiger partial charge on any atom is 0.249 e. The highest BCUT2D eigenvalue weighted by Gasteiger charge is 2.15. The molecule has 0 aliphatic heterocycles. The van der Waals surface area contributed by atoms with Gasteiger partial charge in [-0.3, -0.25) is 4.79 Å². The van der Waals surface area contributed by atoms with Crippen molar-refractivity contribution in [3.8, 4) is 6.07 Å². The topological polar surface area (TPSA) is 62.1 Å². The quantitative estimate of drug-likeness (QED) is 0.496. The summed E-state index contributed by atoms with van der Waals surface area (Å²) in [5.41, 5.74) is 0. The Balaban J connectivity index is 3.75. The van der Waals surface area contributed by atoms with Gasteiger partial charge in [-0.25, -0.2) is 0 Å². The summed E-state index contributed by atoms with van der Waals surface area (Å²) < 4.78 is 5.52. The van der Waals surface area contributed by atoms with Gasteiger partial charge < -0.3 is 10.1 Å². The van der Waals surface area contributed by atoms with Crippen molar-refractivity contribution in [1.82, 2.24) is 5.32 Å². The van der Waals surface area contributed by atoms with E-state index in [1.54, 1.807) is 0 Å². The van der Waals surface area contributed by atoms with Gasteiger partial charge in [-0.1, -0.05) is 27.2 Å². The van der Waals surface area contributed by atoms with E-state index in [1.165, 1.54) is 6.42 Å². The lowest BCUT2D eigenvalue weighted by Gasteiger charge is -2.15. The summed E-state index contributed by atoms with van der Waals surface area (Å²) in [6.07, 6.45) is 3.52. The fraction of sp³-hybridized carbons (Fsp3) is 0.846. The van der Waals surface area contributed by atoms with Crippen molar-refractivity contribution in [2.75, 3.05) is 13.2 Å². The summed E-state index contributed by atoms with van der Waals surface area (Å²) in [6.45, 7) is 6.96. The van der Waals surface area contributed by atoms with Gasteiger partial charge in [0, 0.05) is 6.61 Å². The van der Waals surface area contributed by atoms with Crippen LogP contribution in [0.4, 0.5) is 0 Å². The van der Waals surface area contributed by atoms with Crippen molar-refractivity contribution in [3.05, 3.63) is 0 Å². The molecule has 17 heavy (non-hydrogen) atoms. The Morgan fingerprint density at radius 2 is 2.12 bits per heavy atom. The Bertz CT molecular complexity index is 248. The van der Waals surface area contributed by atoms with Crippen molar-refractivity contribution in [2.24, 2.45) is 5.92 Å². The van der Waals surface area contributed by atoms with Gasteiger partial charge in [-0.15, -0.1) is 0 Å². The fourth-order valence-electron chi connectivity index (χ4n) is 1.48. The number of amides is 1. The molecule has 0 aliphatic rings. The lowest BCUT2D eigenvalue weighted by molar-refractivity contribution is -0.132. The number of hydrogen-bond donors (Lipinski definition) is 1. The molecule has 0 radical (unpaired) electrons. The molecule has 0 fully saturated rings. The van der Waals surface area contributed by atoms with Crippen LogP contribution < -0.4 is 5.32 Å². The number of hydrogen-bond acceptors (Lipinski definition) is 3. The molecule has 0 aliphatic carbocycles. The van der Waals surface area contributed by atoms with Gasteiger partial charge in [0.15, 0.2) is 0 Å². The molecule has 0 saturated heterocycles. The minimum absolute atomic E-state index is 0.0472. The standard InChI is InChI=1S/C13H24N2O2/c1-4-11(3)7-6-10-17-12(5-2)13(16)15-9-8-14/h11-12H,4-7,9-10H2,1-3H3,(H,15,16)/t11?,12-/m0/s1. The first kappa shape index (κ1) is 15.9. The average Bonchev–Trinajstić information content (AvgIpc) is 2.35. The van der Waals surface area contributed by atoms with Crippen molar-refractivity contribution in [2.45, 2.75) is 52.6 Å². The van der Waals surface area contributed by atoms with E-state index in [4.69, 9.17) is 10.00 Å². The Hall–Kier alpha value is -1.08. The average molecular weight is 240 g/mol. The number of carbonyl (C=O) groups excluding carboxylic acids is 1. The molecule has 0 bridgehead atoms. The zero-order valence-electron chi connectivity index (χ0n) is 11.2. The van der Waals surface area contributed by atoms with Crippen LogP contribution in [0.5, 0.6) is 0 Å². The largest absolute Gasteiger partial charge is 0.368 e. The number of nitriles is 1. The molecule has 0 aromatic carbocycles. The zero-order chi connectivity index (χ0) is 13.1. The molecule has 0 spiro atoms. The Labute approximate surface area is 104 Å². The molecule has 0 saturated carbocycles. The minimum atomic E-state index is -0.416. The summed E-state index contributed by atoms with van der Waals surface area (Å²) in [5, 5.41) is 10.9. The first-order valence-electron chi connectivity index (χ1n) is 6.41. The van der Waals surface area contributed by atoms with E-state index >= 15 is 0 Å². The molecule has 98 valence electrons. The van der Waals surface area contributed by atoms with Crippen LogP contribution in [-0.2, 0) is 9.53 Å². The van der Waals surface area contributed by atoms with Crippen molar-refractivity contribution in [1.29, 1.82) is 5.26 Å². The van der Waals surface area contributed by atoms with Crippen LogP contribution in [0, 0.1) is 17.2 Å². The summed E-state index contributed by atoms with van der Waals surface area (Å²) in [4.78, 5) is 11.5. The van der Waals surface area contributed by atoms with E-state index in [0.29, 0.717) is 18.9 Å². The number of rotatable bonds is 9. The Morgan fingerprint density at radius 1 is 1.41 bits per heavy atom.